The zero-order valence-corrected chi connectivity index (χ0v) is 18.3. The molecule has 3 rings (SSSR count). The molecule has 8 heteroatoms. The highest BCUT2D eigenvalue weighted by molar-refractivity contribution is 6.43. The number of carbonyl (C=O) groups excluding carboxylic acids is 1. The van der Waals surface area contributed by atoms with E-state index in [1.807, 2.05) is 12.1 Å². The average Bonchev–Trinajstić information content (AvgIpc) is 2.71. The molecular formula is C22H23Cl2NO5. The van der Waals surface area contributed by atoms with E-state index < -0.39 is 5.97 Å². The summed E-state index contributed by atoms with van der Waals surface area (Å²) in [5.74, 6) is 0.919. The van der Waals surface area contributed by atoms with Gasteiger partial charge in [-0.15, -0.1) is 0 Å². The molecule has 0 aromatic heterocycles. The smallest absolute Gasteiger partial charge is 0.360 e. The molecule has 0 saturated heterocycles. The molecule has 1 saturated carbocycles. The first-order valence-corrected chi connectivity index (χ1v) is 10.3. The summed E-state index contributed by atoms with van der Waals surface area (Å²) in [7, 11) is 2.64. The molecule has 0 unspecified atom stereocenters. The Hall–Kier alpha value is -2.44. The third-order valence-electron chi connectivity index (χ3n) is 4.89. The Bertz CT molecular complexity index is 904. The van der Waals surface area contributed by atoms with Crippen molar-refractivity contribution in [3.05, 3.63) is 57.6 Å². The Morgan fingerprint density at radius 2 is 1.80 bits per heavy atom. The number of esters is 1. The van der Waals surface area contributed by atoms with Gasteiger partial charge in [0.1, 0.15) is 19.5 Å². The number of hydrogen-bond donors (Lipinski definition) is 0. The van der Waals surface area contributed by atoms with Gasteiger partial charge in [0.25, 0.3) is 0 Å². The van der Waals surface area contributed by atoms with E-state index in [0.29, 0.717) is 39.6 Å². The van der Waals surface area contributed by atoms with Gasteiger partial charge in [-0.25, -0.2) is 4.79 Å². The minimum Gasteiger partial charge on any atom is -0.490 e. The Morgan fingerprint density at radius 3 is 2.40 bits per heavy atom. The lowest BCUT2D eigenvalue weighted by atomic mass is 9.86. The largest absolute Gasteiger partial charge is 0.490 e. The number of benzene rings is 2. The average molecular weight is 452 g/mol. The van der Waals surface area contributed by atoms with Gasteiger partial charge in [-0.1, -0.05) is 59.0 Å². The first-order chi connectivity index (χ1) is 14.5. The standard InChI is InChI=1S/C22H23Cl2NO5/c1-27-22(26)20(25-28-2)17-9-4-3-8-15(17)13-29-16-10-18(23)21(19(24)11-16)30-12-14-6-5-7-14/h3-4,8-11,14H,5-7,12-13H2,1-2H3/b25-20+. The van der Waals surface area contributed by atoms with Crippen molar-refractivity contribution < 1.29 is 23.8 Å². The molecule has 0 amide bonds. The van der Waals surface area contributed by atoms with E-state index in [1.54, 1.807) is 24.3 Å². The normalized spacial score (nSPS) is 14.1. The second kappa shape index (κ2) is 10.5. The van der Waals surface area contributed by atoms with Crippen LogP contribution in [0.25, 0.3) is 0 Å². The van der Waals surface area contributed by atoms with Crippen molar-refractivity contribution in [2.75, 3.05) is 20.8 Å². The number of ether oxygens (including phenoxy) is 3. The molecule has 0 radical (unpaired) electrons. The summed E-state index contributed by atoms with van der Waals surface area (Å²) < 4.78 is 16.5. The molecule has 6 nitrogen and oxygen atoms in total. The number of hydrogen-bond acceptors (Lipinski definition) is 6. The molecular weight excluding hydrogens is 429 g/mol. The molecule has 0 heterocycles. The summed E-state index contributed by atoms with van der Waals surface area (Å²) in [6.07, 6.45) is 3.60. The van der Waals surface area contributed by atoms with Crippen molar-refractivity contribution in [1.29, 1.82) is 0 Å². The molecule has 0 bridgehead atoms. The molecule has 30 heavy (non-hydrogen) atoms. The molecule has 0 aliphatic heterocycles. The molecule has 1 fully saturated rings. The quantitative estimate of drug-likeness (QED) is 0.295. The number of halogens is 2. The molecule has 0 N–H and O–H groups in total. The molecule has 2 aromatic carbocycles. The van der Waals surface area contributed by atoms with Gasteiger partial charge < -0.3 is 19.0 Å². The second-order valence-electron chi connectivity index (χ2n) is 6.88. The summed E-state index contributed by atoms with van der Waals surface area (Å²) in [5, 5.41) is 4.58. The minimum absolute atomic E-state index is 0.0509. The van der Waals surface area contributed by atoms with Gasteiger partial charge in [0.05, 0.1) is 23.8 Å². The Balaban J connectivity index is 1.74. The van der Waals surface area contributed by atoms with Gasteiger partial charge in [0.2, 0.25) is 0 Å². The highest BCUT2D eigenvalue weighted by Crippen LogP contribution is 2.38. The number of rotatable bonds is 9. The Kier molecular flexibility index (Phi) is 7.82. The highest BCUT2D eigenvalue weighted by Gasteiger charge is 2.21. The Labute approximate surface area is 185 Å². The second-order valence-corrected chi connectivity index (χ2v) is 7.70. The maximum atomic E-state index is 12.1. The number of oxime groups is 1. The fourth-order valence-electron chi connectivity index (χ4n) is 3.04. The van der Waals surface area contributed by atoms with Crippen LogP contribution in [0.2, 0.25) is 10.0 Å². The van der Waals surface area contributed by atoms with Gasteiger partial charge >= 0.3 is 5.97 Å². The van der Waals surface area contributed by atoms with Crippen LogP contribution in [-0.4, -0.2) is 32.5 Å². The van der Waals surface area contributed by atoms with Crippen LogP contribution in [0.1, 0.15) is 30.4 Å². The topological polar surface area (TPSA) is 66.4 Å². The molecule has 0 atom stereocenters. The minimum atomic E-state index is -0.608. The molecule has 0 spiro atoms. The highest BCUT2D eigenvalue weighted by atomic mass is 35.5. The van der Waals surface area contributed by atoms with E-state index >= 15 is 0 Å². The van der Waals surface area contributed by atoms with Crippen molar-refractivity contribution in [1.82, 2.24) is 0 Å². The first kappa shape index (κ1) is 22.2. The van der Waals surface area contributed by atoms with Crippen LogP contribution in [-0.2, 0) is 21.0 Å². The molecule has 1 aliphatic carbocycles. The summed E-state index contributed by atoms with van der Waals surface area (Å²) >= 11 is 12.7. The third-order valence-corrected chi connectivity index (χ3v) is 5.45. The van der Waals surface area contributed by atoms with Crippen LogP contribution < -0.4 is 9.47 Å². The van der Waals surface area contributed by atoms with E-state index in [2.05, 4.69) is 5.16 Å². The number of methoxy groups -OCH3 is 1. The zero-order valence-electron chi connectivity index (χ0n) is 16.8. The molecule has 2 aromatic rings. The molecule has 1 aliphatic rings. The first-order valence-electron chi connectivity index (χ1n) is 9.55. The fraction of sp³-hybridized carbons (Fsp3) is 0.364. The van der Waals surface area contributed by atoms with E-state index in [1.165, 1.54) is 33.5 Å². The van der Waals surface area contributed by atoms with Gasteiger partial charge in [0.15, 0.2) is 11.5 Å². The van der Waals surface area contributed by atoms with Gasteiger partial charge in [-0.05, 0) is 24.3 Å². The SMILES string of the molecule is CO/N=C(/C(=O)OC)c1ccccc1COc1cc(Cl)c(OCC2CCC2)c(Cl)c1. The molecule has 160 valence electrons. The van der Waals surface area contributed by atoms with Crippen molar-refractivity contribution in [2.45, 2.75) is 25.9 Å². The van der Waals surface area contributed by atoms with E-state index in [4.69, 9.17) is 42.3 Å². The van der Waals surface area contributed by atoms with Crippen LogP contribution in [0, 0.1) is 5.92 Å². The van der Waals surface area contributed by atoms with Crippen LogP contribution in [0.15, 0.2) is 41.6 Å². The fourth-order valence-corrected chi connectivity index (χ4v) is 3.62. The van der Waals surface area contributed by atoms with E-state index in [-0.39, 0.29) is 12.3 Å². The maximum absolute atomic E-state index is 12.1. The van der Waals surface area contributed by atoms with Crippen LogP contribution >= 0.6 is 23.2 Å². The van der Waals surface area contributed by atoms with Crippen molar-refractivity contribution in [3.63, 3.8) is 0 Å². The van der Waals surface area contributed by atoms with Crippen molar-refractivity contribution in [3.8, 4) is 11.5 Å². The zero-order chi connectivity index (χ0) is 21.5. The summed E-state index contributed by atoms with van der Waals surface area (Å²) in [5.41, 5.74) is 1.31. The number of nitrogens with zero attached hydrogens (tertiary/aromatic N) is 1. The van der Waals surface area contributed by atoms with Gasteiger partial charge in [-0.2, -0.15) is 0 Å². The van der Waals surface area contributed by atoms with Crippen LogP contribution in [0.5, 0.6) is 11.5 Å². The summed E-state index contributed by atoms with van der Waals surface area (Å²) in [6, 6.07) is 10.5. The lowest BCUT2D eigenvalue weighted by Gasteiger charge is -2.25. The monoisotopic (exact) mass is 451 g/mol. The van der Waals surface area contributed by atoms with Crippen molar-refractivity contribution >= 4 is 34.9 Å². The lowest BCUT2D eigenvalue weighted by Crippen LogP contribution is -2.20. The predicted octanol–water partition coefficient (Wildman–Crippen LogP) is 5.27. The summed E-state index contributed by atoms with van der Waals surface area (Å²) in [4.78, 5) is 16.9. The maximum Gasteiger partial charge on any atom is 0.360 e. The Morgan fingerprint density at radius 1 is 1.10 bits per heavy atom. The predicted molar refractivity (Wildman–Crippen MR) is 116 cm³/mol. The lowest BCUT2D eigenvalue weighted by molar-refractivity contribution is -0.132. The van der Waals surface area contributed by atoms with Crippen molar-refractivity contribution in [2.24, 2.45) is 11.1 Å². The van der Waals surface area contributed by atoms with E-state index in [9.17, 15) is 4.79 Å². The summed E-state index contributed by atoms with van der Waals surface area (Å²) in [6.45, 7) is 0.771. The van der Waals surface area contributed by atoms with Gasteiger partial charge in [0, 0.05) is 17.7 Å². The van der Waals surface area contributed by atoms with E-state index in [0.717, 1.165) is 5.56 Å². The van der Waals surface area contributed by atoms with Crippen LogP contribution in [0.4, 0.5) is 0 Å². The number of carbonyl (C=O) groups is 1. The van der Waals surface area contributed by atoms with Gasteiger partial charge in [-0.3, -0.25) is 0 Å². The third kappa shape index (κ3) is 5.37. The van der Waals surface area contributed by atoms with Crippen LogP contribution in [0.3, 0.4) is 0 Å².